The SMILES string of the molecule is O=C(O)C=Cc1cc(F)c([N+](=O)[O-])c(F)c1. The molecule has 0 fully saturated rings. The molecule has 0 atom stereocenters. The number of rotatable bonds is 3. The van der Waals surface area contributed by atoms with Crippen LogP contribution in [0.3, 0.4) is 0 Å². The number of nitro groups is 1. The van der Waals surface area contributed by atoms with Crippen LogP contribution in [0.25, 0.3) is 6.08 Å². The molecule has 0 saturated heterocycles. The summed E-state index contributed by atoms with van der Waals surface area (Å²) in [5.41, 5.74) is -1.37. The van der Waals surface area contributed by atoms with Gasteiger partial charge < -0.3 is 5.11 Å². The molecule has 0 aliphatic carbocycles. The van der Waals surface area contributed by atoms with Crippen molar-refractivity contribution >= 4 is 17.7 Å². The summed E-state index contributed by atoms with van der Waals surface area (Å²) in [4.78, 5) is 19.2. The van der Waals surface area contributed by atoms with Crippen molar-refractivity contribution in [3.8, 4) is 0 Å². The fraction of sp³-hybridized carbons (Fsp3) is 0. The van der Waals surface area contributed by atoms with Crippen LogP contribution in [0.2, 0.25) is 0 Å². The average Bonchev–Trinajstić information content (AvgIpc) is 2.12. The number of carboxylic acid groups (broad SMARTS) is 1. The molecule has 0 aliphatic heterocycles. The first-order valence-electron chi connectivity index (χ1n) is 3.96. The second-order valence-electron chi connectivity index (χ2n) is 2.76. The van der Waals surface area contributed by atoms with Crippen molar-refractivity contribution < 1.29 is 23.6 Å². The Labute approximate surface area is 87.8 Å². The van der Waals surface area contributed by atoms with Crippen molar-refractivity contribution in [3.63, 3.8) is 0 Å². The van der Waals surface area contributed by atoms with E-state index in [2.05, 4.69) is 0 Å². The van der Waals surface area contributed by atoms with Gasteiger partial charge >= 0.3 is 11.7 Å². The fourth-order valence-corrected chi connectivity index (χ4v) is 1.02. The Hall–Kier alpha value is -2.31. The van der Waals surface area contributed by atoms with Gasteiger partial charge in [0.2, 0.25) is 11.6 Å². The van der Waals surface area contributed by atoms with Gasteiger partial charge in [-0.3, -0.25) is 10.1 Å². The molecule has 84 valence electrons. The van der Waals surface area contributed by atoms with E-state index in [1.54, 1.807) is 0 Å². The van der Waals surface area contributed by atoms with Crippen molar-refractivity contribution in [2.75, 3.05) is 0 Å². The maximum atomic E-state index is 13.0. The van der Waals surface area contributed by atoms with E-state index < -0.39 is 28.2 Å². The van der Waals surface area contributed by atoms with E-state index >= 15 is 0 Å². The molecule has 0 spiro atoms. The van der Waals surface area contributed by atoms with Crippen LogP contribution in [0.15, 0.2) is 18.2 Å². The number of aliphatic carboxylic acids is 1. The molecule has 0 radical (unpaired) electrons. The number of hydrogen-bond acceptors (Lipinski definition) is 3. The minimum Gasteiger partial charge on any atom is -0.478 e. The molecule has 5 nitrogen and oxygen atoms in total. The minimum atomic E-state index is -1.35. The number of nitro benzene ring substituents is 1. The fourth-order valence-electron chi connectivity index (χ4n) is 1.02. The molecular formula is C9H5F2NO4. The summed E-state index contributed by atoms with van der Waals surface area (Å²) < 4.78 is 26.0. The first-order valence-corrected chi connectivity index (χ1v) is 3.96. The molecule has 16 heavy (non-hydrogen) atoms. The standard InChI is InChI=1S/C9H5F2NO4/c10-6-3-5(1-2-8(13)14)4-7(11)9(6)12(15)16/h1-4H,(H,13,14). The highest BCUT2D eigenvalue weighted by Crippen LogP contribution is 2.23. The van der Waals surface area contributed by atoms with Gasteiger partial charge in [0.05, 0.1) is 4.92 Å². The quantitative estimate of drug-likeness (QED) is 0.488. The summed E-state index contributed by atoms with van der Waals surface area (Å²) in [6.07, 6.45) is 1.60. The van der Waals surface area contributed by atoms with Crippen LogP contribution in [0.5, 0.6) is 0 Å². The number of benzene rings is 1. The highest BCUT2D eigenvalue weighted by molar-refractivity contribution is 5.85. The van der Waals surface area contributed by atoms with E-state index in [4.69, 9.17) is 5.11 Å². The summed E-state index contributed by atoms with van der Waals surface area (Å²) >= 11 is 0. The first kappa shape index (κ1) is 11.8. The molecule has 0 saturated carbocycles. The number of nitrogens with zero attached hydrogens (tertiary/aromatic N) is 1. The summed E-state index contributed by atoms with van der Waals surface area (Å²) in [5.74, 6) is -4.00. The zero-order valence-corrected chi connectivity index (χ0v) is 7.68. The Bertz CT molecular complexity index is 461. The van der Waals surface area contributed by atoms with Gasteiger partial charge in [-0.2, -0.15) is 8.78 Å². The summed E-state index contributed by atoms with van der Waals surface area (Å²) in [5, 5.41) is 18.5. The van der Waals surface area contributed by atoms with Crippen LogP contribution in [0, 0.1) is 21.7 Å². The maximum absolute atomic E-state index is 13.0. The smallest absolute Gasteiger partial charge is 0.340 e. The van der Waals surface area contributed by atoms with E-state index in [0.29, 0.717) is 18.2 Å². The van der Waals surface area contributed by atoms with Gasteiger partial charge in [-0.1, -0.05) is 0 Å². The van der Waals surface area contributed by atoms with Crippen LogP contribution < -0.4 is 0 Å². The lowest BCUT2D eigenvalue weighted by Gasteiger charge is -1.98. The third-order valence-electron chi connectivity index (χ3n) is 1.64. The third kappa shape index (κ3) is 2.59. The van der Waals surface area contributed by atoms with Crippen LogP contribution in [0.4, 0.5) is 14.5 Å². The second kappa shape index (κ2) is 4.47. The number of carbonyl (C=O) groups is 1. The minimum absolute atomic E-state index is 0.108. The Morgan fingerprint density at radius 1 is 1.38 bits per heavy atom. The Balaban J connectivity index is 3.20. The van der Waals surface area contributed by atoms with E-state index in [0.717, 1.165) is 6.08 Å². The van der Waals surface area contributed by atoms with E-state index in [9.17, 15) is 23.7 Å². The molecular weight excluding hydrogens is 224 g/mol. The monoisotopic (exact) mass is 229 g/mol. The van der Waals surface area contributed by atoms with Gasteiger partial charge in [0.15, 0.2) is 0 Å². The molecule has 1 N–H and O–H groups in total. The molecule has 1 aromatic carbocycles. The Morgan fingerprint density at radius 2 is 1.88 bits per heavy atom. The zero-order chi connectivity index (χ0) is 12.3. The molecule has 7 heteroatoms. The van der Waals surface area contributed by atoms with E-state index in [1.807, 2.05) is 0 Å². The molecule has 0 aromatic heterocycles. The second-order valence-corrected chi connectivity index (χ2v) is 2.76. The Kier molecular flexibility index (Phi) is 3.29. The zero-order valence-electron chi connectivity index (χ0n) is 7.68. The molecule has 0 aliphatic rings. The Morgan fingerprint density at radius 3 is 2.25 bits per heavy atom. The van der Waals surface area contributed by atoms with Crippen molar-refractivity contribution in [1.82, 2.24) is 0 Å². The first-order chi connectivity index (χ1) is 7.41. The molecule has 0 heterocycles. The van der Waals surface area contributed by atoms with E-state index in [1.165, 1.54) is 0 Å². The average molecular weight is 229 g/mol. The summed E-state index contributed by atoms with van der Waals surface area (Å²) in [6, 6.07) is 1.36. The molecule has 0 bridgehead atoms. The lowest BCUT2D eigenvalue weighted by atomic mass is 10.1. The summed E-state index contributed by atoms with van der Waals surface area (Å²) in [6.45, 7) is 0. The molecule has 0 amide bonds. The maximum Gasteiger partial charge on any atom is 0.340 e. The topological polar surface area (TPSA) is 80.4 Å². The lowest BCUT2D eigenvalue weighted by molar-refractivity contribution is -0.390. The van der Waals surface area contributed by atoms with Crippen molar-refractivity contribution in [3.05, 3.63) is 45.5 Å². The van der Waals surface area contributed by atoms with Crippen LogP contribution in [-0.4, -0.2) is 16.0 Å². The molecule has 1 aromatic rings. The normalized spacial score (nSPS) is 10.6. The van der Waals surface area contributed by atoms with Crippen LogP contribution in [-0.2, 0) is 4.79 Å². The molecule has 0 unspecified atom stereocenters. The number of hydrogen-bond donors (Lipinski definition) is 1. The van der Waals surface area contributed by atoms with Gasteiger partial charge in [0.25, 0.3) is 0 Å². The van der Waals surface area contributed by atoms with Gasteiger partial charge in [0.1, 0.15) is 0 Å². The third-order valence-corrected chi connectivity index (χ3v) is 1.64. The predicted molar refractivity (Wildman–Crippen MR) is 49.7 cm³/mol. The van der Waals surface area contributed by atoms with Crippen LogP contribution in [0.1, 0.15) is 5.56 Å². The molecule has 1 rings (SSSR count). The highest BCUT2D eigenvalue weighted by Gasteiger charge is 2.21. The van der Waals surface area contributed by atoms with Gasteiger partial charge in [-0.05, 0) is 23.8 Å². The van der Waals surface area contributed by atoms with Gasteiger partial charge in [-0.15, -0.1) is 0 Å². The van der Waals surface area contributed by atoms with Crippen molar-refractivity contribution in [2.45, 2.75) is 0 Å². The van der Waals surface area contributed by atoms with Gasteiger partial charge in [-0.25, -0.2) is 4.79 Å². The predicted octanol–water partition coefficient (Wildman–Crippen LogP) is 1.97. The van der Waals surface area contributed by atoms with Gasteiger partial charge in [0, 0.05) is 6.08 Å². The highest BCUT2D eigenvalue weighted by atomic mass is 19.1. The van der Waals surface area contributed by atoms with Crippen molar-refractivity contribution in [1.29, 1.82) is 0 Å². The van der Waals surface area contributed by atoms with Crippen molar-refractivity contribution in [2.24, 2.45) is 0 Å². The van der Waals surface area contributed by atoms with Crippen LogP contribution >= 0.6 is 0 Å². The lowest BCUT2D eigenvalue weighted by Crippen LogP contribution is -1.97. The number of carboxylic acids is 1. The van der Waals surface area contributed by atoms with E-state index in [-0.39, 0.29) is 5.56 Å². The largest absolute Gasteiger partial charge is 0.478 e. The number of halogens is 2. The summed E-state index contributed by atoms with van der Waals surface area (Å²) in [7, 11) is 0.